The molecule has 1 unspecified atom stereocenters. The van der Waals surface area contributed by atoms with Crippen LogP contribution >= 0.6 is 0 Å². The maximum atomic E-state index is 13.4. The number of hydrogen-bond acceptors (Lipinski definition) is 4. The molecule has 0 radical (unpaired) electrons. The van der Waals surface area contributed by atoms with E-state index in [1.165, 1.54) is 12.8 Å². The summed E-state index contributed by atoms with van der Waals surface area (Å²) < 4.78 is 17.5. The van der Waals surface area contributed by atoms with E-state index < -0.39 is 0 Å². The first-order valence-electron chi connectivity index (χ1n) is 12.3. The van der Waals surface area contributed by atoms with Gasteiger partial charge in [0.15, 0.2) is 0 Å². The standard InChI is InChI=1S/C26H37NO4/c1-29-23-6-4-22(5-7-23)26(10-11-26)24(28)27-14-12-25(13-15-27)18-20(9-17-31-25)8-16-30-19-21-2-3-21/h4-7,20-21H,2-3,8-19H2,1H3. The number of likely N-dealkylation sites (tertiary alicyclic amines) is 1. The van der Waals surface area contributed by atoms with Crippen LogP contribution in [0.3, 0.4) is 0 Å². The second-order valence-electron chi connectivity index (χ2n) is 10.3. The molecule has 2 saturated heterocycles. The summed E-state index contributed by atoms with van der Waals surface area (Å²) in [6, 6.07) is 8.07. The van der Waals surface area contributed by atoms with Crippen LogP contribution in [0.4, 0.5) is 0 Å². The number of methoxy groups -OCH3 is 1. The lowest BCUT2D eigenvalue weighted by Gasteiger charge is -2.47. The summed E-state index contributed by atoms with van der Waals surface area (Å²) in [4.78, 5) is 15.5. The van der Waals surface area contributed by atoms with Gasteiger partial charge in [-0.05, 0) is 87.3 Å². The zero-order chi connectivity index (χ0) is 21.3. The van der Waals surface area contributed by atoms with Crippen LogP contribution in [0, 0.1) is 11.8 Å². The summed E-state index contributed by atoms with van der Waals surface area (Å²) in [5.41, 5.74) is 0.817. The summed E-state index contributed by atoms with van der Waals surface area (Å²) in [7, 11) is 1.68. The molecule has 1 amide bonds. The van der Waals surface area contributed by atoms with Crippen molar-refractivity contribution in [1.82, 2.24) is 4.90 Å². The van der Waals surface area contributed by atoms with E-state index in [1.54, 1.807) is 7.11 Å². The maximum absolute atomic E-state index is 13.4. The van der Waals surface area contributed by atoms with Crippen LogP contribution < -0.4 is 4.74 Å². The van der Waals surface area contributed by atoms with Crippen LogP contribution in [0.5, 0.6) is 5.75 Å². The molecular weight excluding hydrogens is 390 g/mol. The lowest BCUT2D eigenvalue weighted by atomic mass is 9.78. The van der Waals surface area contributed by atoms with Gasteiger partial charge in [-0.2, -0.15) is 0 Å². The van der Waals surface area contributed by atoms with Gasteiger partial charge in [0.2, 0.25) is 5.91 Å². The smallest absolute Gasteiger partial charge is 0.233 e. The lowest BCUT2D eigenvalue weighted by Crippen LogP contribution is -2.52. The minimum Gasteiger partial charge on any atom is -0.497 e. The Labute approximate surface area is 186 Å². The molecule has 1 atom stereocenters. The fourth-order valence-corrected chi connectivity index (χ4v) is 5.59. The molecule has 2 aliphatic heterocycles. The third-order valence-electron chi connectivity index (χ3n) is 8.08. The monoisotopic (exact) mass is 427 g/mol. The van der Waals surface area contributed by atoms with E-state index in [0.29, 0.717) is 11.8 Å². The van der Waals surface area contributed by atoms with Crippen LogP contribution in [-0.4, -0.2) is 56.4 Å². The average molecular weight is 428 g/mol. The Balaban J connectivity index is 1.13. The van der Waals surface area contributed by atoms with Gasteiger partial charge in [-0.1, -0.05) is 12.1 Å². The van der Waals surface area contributed by atoms with Crippen molar-refractivity contribution in [3.63, 3.8) is 0 Å². The highest BCUT2D eigenvalue weighted by atomic mass is 16.5. The zero-order valence-corrected chi connectivity index (χ0v) is 18.9. The van der Waals surface area contributed by atoms with Crippen molar-refractivity contribution in [2.75, 3.05) is 40.0 Å². The Morgan fingerprint density at radius 2 is 1.81 bits per heavy atom. The highest BCUT2D eigenvalue weighted by molar-refractivity contribution is 5.91. The van der Waals surface area contributed by atoms with Crippen molar-refractivity contribution in [2.24, 2.45) is 11.8 Å². The number of hydrogen-bond donors (Lipinski definition) is 0. The van der Waals surface area contributed by atoms with E-state index in [4.69, 9.17) is 14.2 Å². The van der Waals surface area contributed by atoms with Gasteiger partial charge in [-0.25, -0.2) is 0 Å². The van der Waals surface area contributed by atoms with Crippen LogP contribution in [0.1, 0.15) is 63.4 Å². The molecule has 2 saturated carbocycles. The molecule has 0 bridgehead atoms. The molecule has 5 nitrogen and oxygen atoms in total. The molecule has 1 aromatic carbocycles. The topological polar surface area (TPSA) is 48.0 Å². The first kappa shape index (κ1) is 21.3. The molecular formula is C26H37NO4. The third kappa shape index (κ3) is 4.63. The number of benzene rings is 1. The number of carbonyl (C=O) groups excluding carboxylic acids is 1. The van der Waals surface area contributed by atoms with Crippen molar-refractivity contribution >= 4 is 5.91 Å². The fraction of sp³-hybridized carbons (Fsp3) is 0.731. The maximum Gasteiger partial charge on any atom is 0.233 e. The molecule has 31 heavy (non-hydrogen) atoms. The fourth-order valence-electron chi connectivity index (χ4n) is 5.59. The Hall–Kier alpha value is -1.59. The molecule has 2 heterocycles. The number of amides is 1. The van der Waals surface area contributed by atoms with Crippen molar-refractivity contribution < 1.29 is 19.0 Å². The van der Waals surface area contributed by atoms with Crippen molar-refractivity contribution in [2.45, 2.75) is 68.8 Å². The predicted molar refractivity (Wildman–Crippen MR) is 119 cm³/mol. The highest BCUT2D eigenvalue weighted by Crippen LogP contribution is 2.51. The van der Waals surface area contributed by atoms with E-state index in [-0.39, 0.29) is 11.0 Å². The number of rotatable bonds is 8. The first-order chi connectivity index (χ1) is 15.1. The van der Waals surface area contributed by atoms with Gasteiger partial charge < -0.3 is 19.1 Å². The normalized spacial score (nSPS) is 26.6. The van der Waals surface area contributed by atoms with Gasteiger partial charge in [-0.15, -0.1) is 0 Å². The van der Waals surface area contributed by atoms with Gasteiger partial charge in [-0.3, -0.25) is 4.79 Å². The molecule has 4 aliphatic rings. The van der Waals surface area contributed by atoms with E-state index in [2.05, 4.69) is 17.0 Å². The van der Waals surface area contributed by atoms with Gasteiger partial charge in [0.25, 0.3) is 0 Å². The molecule has 170 valence electrons. The second kappa shape index (κ2) is 8.74. The first-order valence-corrected chi connectivity index (χ1v) is 12.3. The van der Waals surface area contributed by atoms with Crippen molar-refractivity contribution in [3.05, 3.63) is 29.8 Å². The number of piperidine rings is 1. The third-order valence-corrected chi connectivity index (χ3v) is 8.08. The van der Waals surface area contributed by atoms with Crippen LogP contribution in [0.25, 0.3) is 0 Å². The zero-order valence-electron chi connectivity index (χ0n) is 18.9. The highest BCUT2D eigenvalue weighted by Gasteiger charge is 2.54. The minimum absolute atomic E-state index is 0.0208. The van der Waals surface area contributed by atoms with Gasteiger partial charge in [0, 0.05) is 32.9 Å². The summed E-state index contributed by atoms with van der Waals surface area (Å²) in [5, 5.41) is 0. The molecule has 1 aromatic rings. The average Bonchev–Trinajstić information content (AvgIpc) is 3.72. The number of nitrogens with zero attached hydrogens (tertiary/aromatic N) is 1. The molecule has 0 N–H and O–H groups in total. The van der Waals surface area contributed by atoms with E-state index in [0.717, 1.165) is 95.1 Å². The lowest BCUT2D eigenvalue weighted by molar-refractivity contribution is -0.150. The van der Waals surface area contributed by atoms with Crippen LogP contribution in [0.2, 0.25) is 0 Å². The minimum atomic E-state index is -0.300. The molecule has 1 spiro atoms. The number of ether oxygens (including phenoxy) is 3. The van der Waals surface area contributed by atoms with Crippen LogP contribution in [0.15, 0.2) is 24.3 Å². The summed E-state index contributed by atoms with van der Waals surface area (Å²) in [6.07, 6.45) is 10.0. The SMILES string of the molecule is COc1ccc(C2(C(=O)N3CCC4(CC3)CC(CCOCC3CC3)CCO4)CC2)cc1. The van der Waals surface area contributed by atoms with E-state index >= 15 is 0 Å². The Bertz CT molecular complexity index is 760. The summed E-state index contributed by atoms with van der Waals surface area (Å²) in [5.74, 6) is 2.70. The molecule has 4 fully saturated rings. The van der Waals surface area contributed by atoms with Crippen molar-refractivity contribution in [1.29, 1.82) is 0 Å². The van der Waals surface area contributed by atoms with Gasteiger partial charge in [0.05, 0.1) is 18.1 Å². The van der Waals surface area contributed by atoms with Gasteiger partial charge >= 0.3 is 0 Å². The second-order valence-corrected chi connectivity index (χ2v) is 10.3. The Morgan fingerprint density at radius 3 is 2.45 bits per heavy atom. The largest absolute Gasteiger partial charge is 0.497 e. The Kier molecular flexibility index (Phi) is 6.00. The summed E-state index contributed by atoms with van der Waals surface area (Å²) in [6.45, 7) is 4.36. The Morgan fingerprint density at radius 1 is 1.06 bits per heavy atom. The molecule has 5 rings (SSSR count). The molecule has 2 aliphatic carbocycles. The summed E-state index contributed by atoms with van der Waals surface area (Å²) >= 11 is 0. The quantitative estimate of drug-likeness (QED) is 0.580. The van der Waals surface area contributed by atoms with E-state index in [9.17, 15) is 4.79 Å². The molecule has 0 aromatic heterocycles. The van der Waals surface area contributed by atoms with Crippen LogP contribution in [-0.2, 0) is 19.7 Å². The predicted octanol–water partition coefficient (Wildman–Crippen LogP) is 4.33. The molecule has 5 heteroatoms. The van der Waals surface area contributed by atoms with E-state index in [1.807, 2.05) is 12.1 Å². The number of carbonyl (C=O) groups is 1. The van der Waals surface area contributed by atoms with Gasteiger partial charge in [0.1, 0.15) is 5.75 Å². The van der Waals surface area contributed by atoms with Crippen molar-refractivity contribution in [3.8, 4) is 5.75 Å².